The first-order valence-corrected chi connectivity index (χ1v) is 7.53. The van der Waals surface area contributed by atoms with Gasteiger partial charge in [0.15, 0.2) is 11.5 Å². The molecule has 0 aliphatic carbocycles. The fraction of sp³-hybridized carbons (Fsp3) is 0.571. The third kappa shape index (κ3) is 2.93. The van der Waals surface area contributed by atoms with Crippen molar-refractivity contribution in [2.45, 2.75) is 30.2 Å². The minimum absolute atomic E-state index is 0.609. The van der Waals surface area contributed by atoms with Crippen LogP contribution in [0.15, 0.2) is 17.0 Å². The minimum Gasteiger partial charge on any atom is -0.493 e. The lowest BCUT2D eigenvalue weighted by Crippen LogP contribution is -2.23. The van der Waals surface area contributed by atoms with Gasteiger partial charge in [-0.3, -0.25) is 0 Å². The topological polar surface area (TPSA) is 30.5 Å². The summed E-state index contributed by atoms with van der Waals surface area (Å²) in [7, 11) is 3.38. The maximum absolute atomic E-state index is 5.43. The van der Waals surface area contributed by atoms with Crippen LogP contribution >= 0.6 is 11.8 Å². The second-order valence-electron chi connectivity index (χ2n) is 4.53. The largest absolute Gasteiger partial charge is 0.493 e. The maximum atomic E-state index is 5.43. The van der Waals surface area contributed by atoms with E-state index < -0.39 is 0 Å². The number of rotatable bonds is 5. The molecular formula is C14H21NO2S. The fourth-order valence-electron chi connectivity index (χ4n) is 2.47. The molecule has 0 radical (unpaired) electrons. The average molecular weight is 267 g/mol. The molecular weight excluding hydrogens is 246 g/mol. The van der Waals surface area contributed by atoms with Crippen molar-refractivity contribution in [3.8, 4) is 11.5 Å². The first-order chi connectivity index (χ1) is 8.78. The fourth-order valence-corrected chi connectivity index (χ4v) is 3.11. The molecule has 0 spiro atoms. The van der Waals surface area contributed by atoms with Crippen molar-refractivity contribution in [3.63, 3.8) is 0 Å². The van der Waals surface area contributed by atoms with E-state index in [4.69, 9.17) is 9.47 Å². The highest BCUT2D eigenvalue weighted by Gasteiger charge is 2.17. The molecule has 0 bridgehead atoms. The average Bonchev–Trinajstić information content (AvgIpc) is 2.90. The van der Waals surface area contributed by atoms with E-state index in [2.05, 4.69) is 23.7 Å². The maximum Gasteiger partial charge on any atom is 0.174 e. The predicted octanol–water partition coefficient (Wildman–Crippen LogP) is 2.72. The van der Waals surface area contributed by atoms with Crippen LogP contribution in [0.3, 0.4) is 0 Å². The lowest BCUT2D eigenvalue weighted by atomic mass is 10.0. The van der Waals surface area contributed by atoms with Gasteiger partial charge in [0.1, 0.15) is 0 Å². The van der Waals surface area contributed by atoms with Gasteiger partial charge in [-0.2, -0.15) is 0 Å². The Labute approximate surface area is 113 Å². The summed E-state index contributed by atoms with van der Waals surface area (Å²) in [5.74, 6) is 1.67. The number of ether oxygens (including phenoxy) is 2. The number of thioether (sulfide) groups is 1. The first kappa shape index (κ1) is 13.6. The molecule has 1 unspecified atom stereocenters. The molecule has 4 heteroatoms. The van der Waals surface area contributed by atoms with E-state index in [-0.39, 0.29) is 0 Å². The van der Waals surface area contributed by atoms with Crippen LogP contribution < -0.4 is 14.8 Å². The van der Waals surface area contributed by atoms with Crippen LogP contribution in [0.4, 0.5) is 0 Å². The van der Waals surface area contributed by atoms with Gasteiger partial charge in [0.2, 0.25) is 0 Å². The number of benzene rings is 1. The molecule has 3 nitrogen and oxygen atoms in total. The Bertz CT molecular complexity index is 378. The van der Waals surface area contributed by atoms with Crippen LogP contribution in [0.25, 0.3) is 0 Å². The third-order valence-electron chi connectivity index (χ3n) is 3.37. The van der Waals surface area contributed by atoms with Crippen molar-refractivity contribution < 1.29 is 9.47 Å². The summed E-state index contributed by atoms with van der Waals surface area (Å²) in [5.41, 5.74) is 1.32. The molecule has 1 heterocycles. The van der Waals surface area contributed by atoms with E-state index >= 15 is 0 Å². The van der Waals surface area contributed by atoms with Gasteiger partial charge in [0.05, 0.1) is 19.1 Å². The molecule has 0 amide bonds. The van der Waals surface area contributed by atoms with Crippen LogP contribution in [0, 0.1) is 0 Å². The third-order valence-corrected chi connectivity index (χ3v) is 4.11. The van der Waals surface area contributed by atoms with Crippen molar-refractivity contribution >= 4 is 11.8 Å². The molecule has 18 heavy (non-hydrogen) atoms. The van der Waals surface area contributed by atoms with Crippen molar-refractivity contribution in [2.24, 2.45) is 0 Å². The summed E-state index contributed by atoms with van der Waals surface area (Å²) < 4.78 is 10.8. The molecule has 0 aromatic heterocycles. The Kier molecular flexibility index (Phi) is 4.78. The second kappa shape index (κ2) is 6.34. The monoisotopic (exact) mass is 267 g/mol. The van der Waals surface area contributed by atoms with Gasteiger partial charge in [0, 0.05) is 6.04 Å². The number of hydrogen-bond donors (Lipinski definition) is 1. The Balaban J connectivity index is 2.24. The molecule has 1 N–H and O–H groups in total. The smallest absolute Gasteiger partial charge is 0.174 e. The molecule has 2 rings (SSSR count). The SMILES string of the molecule is COc1cc(CC2CCCN2)cc(SC)c1OC. The first-order valence-electron chi connectivity index (χ1n) is 6.30. The Hall–Kier alpha value is -0.870. The van der Waals surface area contributed by atoms with Crippen molar-refractivity contribution in [3.05, 3.63) is 17.7 Å². The van der Waals surface area contributed by atoms with Crippen molar-refractivity contribution in [1.29, 1.82) is 0 Å². The van der Waals surface area contributed by atoms with Gasteiger partial charge >= 0.3 is 0 Å². The zero-order chi connectivity index (χ0) is 13.0. The van der Waals surface area contributed by atoms with Gasteiger partial charge in [-0.15, -0.1) is 11.8 Å². The van der Waals surface area contributed by atoms with E-state index in [1.807, 2.05) is 0 Å². The lowest BCUT2D eigenvalue weighted by molar-refractivity contribution is 0.347. The predicted molar refractivity (Wildman–Crippen MR) is 76.1 cm³/mol. The molecule has 1 fully saturated rings. The second-order valence-corrected chi connectivity index (χ2v) is 5.38. The van der Waals surface area contributed by atoms with Gasteiger partial charge in [0.25, 0.3) is 0 Å². The molecule has 1 aliphatic rings. The van der Waals surface area contributed by atoms with Crippen LogP contribution in [-0.4, -0.2) is 33.1 Å². The number of hydrogen-bond acceptors (Lipinski definition) is 4. The Morgan fingerprint density at radius 3 is 2.72 bits per heavy atom. The molecule has 0 saturated carbocycles. The highest BCUT2D eigenvalue weighted by atomic mass is 32.2. The summed E-state index contributed by atoms with van der Waals surface area (Å²) >= 11 is 1.70. The van der Waals surface area contributed by atoms with Crippen molar-refractivity contribution in [2.75, 3.05) is 27.0 Å². The van der Waals surface area contributed by atoms with Crippen LogP contribution in [0.2, 0.25) is 0 Å². The van der Waals surface area contributed by atoms with Gasteiger partial charge in [-0.05, 0) is 49.8 Å². The van der Waals surface area contributed by atoms with Crippen LogP contribution in [0.5, 0.6) is 11.5 Å². The summed E-state index contributed by atoms with van der Waals surface area (Å²) in [6.07, 6.45) is 5.68. The van der Waals surface area contributed by atoms with E-state index in [9.17, 15) is 0 Å². The van der Waals surface area contributed by atoms with E-state index in [1.165, 1.54) is 18.4 Å². The van der Waals surface area contributed by atoms with Crippen LogP contribution in [0.1, 0.15) is 18.4 Å². The quantitative estimate of drug-likeness (QED) is 0.831. The molecule has 1 aromatic rings. The number of nitrogens with one attached hydrogen (secondary N) is 1. The molecule has 1 atom stereocenters. The molecule has 1 aromatic carbocycles. The van der Waals surface area contributed by atoms with Gasteiger partial charge in [-0.25, -0.2) is 0 Å². The van der Waals surface area contributed by atoms with Crippen LogP contribution in [-0.2, 0) is 6.42 Å². The van der Waals surface area contributed by atoms with Gasteiger partial charge < -0.3 is 14.8 Å². The van der Waals surface area contributed by atoms with E-state index in [0.717, 1.165) is 29.4 Å². The summed E-state index contributed by atoms with van der Waals surface area (Å²) in [4.78, 5) is 1.14. The lowest BCUT2D eigenvalue weighted by Gasteiger charge is -2.16. The minimum atomic E-state index is 0.609. The zero-order valence-electron chi connectivity index (χ0n) is 11.3. The molecule has 1 saturated heterocycles. The summed E-state index contributed by atoms with van der Waals surface area (Å²) in [6, 6.07) is 4.92. The molecule has 1 aliphatic heterocycles. The number of methoxy groups -OCH3 is 2. The molecule has 100 valence electrons. The normalized spacial score (nSPS) is 18.9. The highest BCUT2D eigenvalue weighted by molar-refractivity contribution is 7.98. The van der Waals surface area contributed by atoms with Crippen molar-refractivity contribution in [1.82, 2.24) is 5.32 Å². The summed E-state index contributed by atoms with van der Waals surface area (Å²) in [6.45, 7) is 1.15. The Morgan fingerprint density at radius 1 is 1.33 bits per heavy atom. The highest BCUT2D eigenvalue weighted by Crippen LogP contribution is 2.38. The Morgan fingerprint density at radius 2 is 2.17 bits per heavy atom. The van der Waals surface area contributed by atoms with E-state index in [0.29, 0.717) is 6.04 Å². The zero-order valence-corrected chi connectivity index (χ0v) is 12.1. The standard InChI is InChI=1S/C14H21NO2S/c1-16-12-8-10(7-11-5-4-6-15-11)9-13(18-3)14(12)17-2/h8-9,11,15H,4-7H2,1-3H3. The van der Waals surface area contributed by atoms with Gasteiger partial charge in [-0.1, -0.05) is 0 Å². The summed E-state index contributed by atoms with van der Waals surface area (Å²) in [5, 5.41) is 3.53. The van der Waals surface area contributed by atoms with E-state index in [1.54, 1.807) is 26.0 Å².